The predicted molar refractivity (Wildman–Crippen MR) is 209 cm³/mol. The lowest BCUT2D eigenvalue weighted by atomic mass is 10.1. The van der Waals surface area contributed by atoms with E-state index in [0.29, 0.717) is 0 Å². The lowest BCUT2D eigenvalue weighted by Crippen LogP contribution is -3.00. The summed E-state index contributed by atoms with van der Waals surface area (Å²) in [6, 6.07) is 45.2. The fourth-order valence-corrected chi connectivity index (χ4v) is 9.61. The van der Waals surface area contributed by atoms with Gasteiger partial charge in [0.25, 0.3) is 0 Å². The van der Waals surface area contributed by atoms with Gasteiger partial charge in [-0.1, -0.05) is 91.0 Å². The van der Waals surface area contributed by atoms with Crippen LogP contribution in [0.3, 0.4) is 0 Å². The van der Waals surface area contributed by atoms with Gasteiger partial charge in [-0.15, -0.1) is 0 Å². The summed E-state index contributed by atoms with van der Waals surface area (Å²) in [7, 11) is -2.48. The van der Waals surface area contributed by atoms with Gasteiger partial charge in [0.05, 0.1) is 7.14 Å². The minimum Gasteiger partial charge on any atom is -1.00 e. The molecule has 3 heterocycles. The number of aryl methyl sites for hydroxylation is 6. The van der Waals surface area contributed by atoms with E-state index in [1.807, 2.05) is 0 Å². The molecule has 0 aliphatic heterocycles. The number of hydrogen-bond acceptors (Lipinski definition) is 1. The molecule has 0 spiro atoms. The van der Waals surface area contributed by atoms with E-state index in [-0.39, 0.29) is 37.2 Å². The normalized spacial score (nSPS) is 10.9. The molecule has 0 bridgehead atoms. The smallest absolute Gasteiger partial charge is 0.178 e. The maximum Gasteiger partial charge on any atom is 0.178 e. The van der Waals surface area contributed by atoms with Gasteiger partial charge < -0.3 is 41.8 Å². The van der Waals surface area contributed by atoms with E-state index in [0.717, 1.165) is 63.8 Å². The Morgan fingerprint density at radius 1 is 0.389 bits per heavy atom. The first-order valence-corrected chi connectivity index (χ1v) is 20.7. The van der Waals surface area contributed by atoms with Crippen LogP contribution < -0.4 is 50.9 Å². The monoisotopic (exact) mass is 799 g/mol. The summed E-state index contributed by atoms with van der Waals surface area (Å²) in [5.74, 6) is 0. The molecule has 3 aromatic heterocycles. The molecule has 0 aliphatic carbocycles. The molecule has 0 saturated heterocycles. The highest BCUT2D eigenvalue weighted by Crippen LogP contribution is 2.47. The fourth-order valence-electron chi connectivity index (χ4n) is 6.87. The summed E-state index contributed by atoms with van der Waals surface area (Å²) >= 11 is 0. The molecule has 0 unspecified atom stereocenters. The molecule has 3 aromatic carbocycles. The maximum atomic E-state index is 15.0. The molecule has 0 radical (unpaired) electrons. The van der Waals surface area contributed by atoms with E-state index in [2.05, 4.69) is 180 Å². The van der Waals surface area contributed by atoms with Gasteiger partial charge in [0.15, 0.2) is 55.3 Å². The van der Waals surface area contributed by atoms with Gasteiger partial charge >= 0.3 is 0 Å². The predicted octanol–water partition coefficient (Wildman–Crippen LogP) is -0.588. The zero-order valence-corrected chi connectivity index (χ0v) is 34.9. The van der Waals surface area contributed by atoms with E-state index in [1.54, 1.807) is 0 Å². The second-order valence-electron chi connectivity index (χ2n) is 14.2. The summed E-state index contributed by atoms with van der Waals surface area (Å²) in [6.45, 7) is 9.05. The largest absolute Gasteiger partial charge is 1.00 e. The molecule has 0 fully saturated rings. The van der Waals surface area contributed by atoms with E-state index >= 15 is 0 Å². The van der Waals surface area contributed by atoms with Crippen molar-refractivity contribution in [2.24, 2.45) is 0 Å². The van der Waals surface area contributed by atoms with Crippen molar-refractivity contribution in [3.63, 3.8) is 0 Å². The van der Waals surface area contributed by atoms with Gasteiger partial charge in [0.1, 0.15) is 0 Å². The third-order valence-corrected chi connectivity index (χ3v) is 13.4. The Kier molecular flexibility index (Phi) is 18.1. The number of rotatable bonds is 16. The van der Waals surface area contributed by atoms with Gasteiger partial charge in [-0.2, -0.15) is 13.7 Å². The summed E-state index contributed by atoms with van der Waals surface area (Å²) in [6.07, 6.45) is 12.6. The quantitative estimate of drug-likeness (QED) is 0.0953. The molecule has 0 saturated carbocycles. The second-order valence-corrected chi connectivity index (χ2v) is 17.7. The Hall–Kier alpha value is -3.79. The lowest BCUT2D eigenvalue weighted by molar-refractivity contribution is -0.694. The number of pyridine rings is 3. The first kappa shape index (κ1) is 44.6. The van der Waals surface area contributed by atoms with Crippen molar-refractivity contribution in [1.82, 2.24) is 0 Å². The van der Waals surface area contributed by atoms with Crippen molar-refractivity contribution >= 4 is 7.14 Å². The zero-order valence-electron chi connectivity index (χ0n) is 31.8. The Bertz CT molecular complexity index is 1980. The third-order valence-electron chi connectivity index (χ3n) is 10.2. The van der Waals surface area contributed by atoms with E-state index in [4.69, 9.17) is 0 Å². The number of benzene rings is 3. The summed E-state index contributed by atoms with van der Waals surface area (Å²) in [4.78, 5) is 0. The molecule has 0 N–H and O–H groups in total. The Morgan fingerprint density at radius 2 is 0.704 bits per heavy atom. The SMILES string of the molecule is Cc1ccc(CCCP(=O)(CCc2ccc(C)[n+](Cc3ccccc3)c2)CCc2ccc(C)[n+](Cc3ccccc3)c2)c[n+]1Cc1ccccc1.[Cl-].[Cl-].[Cl-]. The van der Waals surface area contributed by atoms with Crippen LogP contribution in [0.4, 0.5) is 0 Å². The highest BCUT2D eigenvalue weighted by molar-refractivity contribution is 7.63. The van der Waals surface area contributed by atoms with Gasteiger partial charge in [-0.05, 0) is 43.9 Å². The Labute approximate surface area is 341 Å². The molecule has 8 heteroatoms. The Morgan fingerprint density at radius 3 is 1.04 bits per heavy atom. The Balaban J connectivity index is 0.00000261. The van der Waals surface area contributed by atoms with Gasteiger partial charge in [0, 0.05) is 90.8 Å². The molecule has 284 valence electrons. The van der Waals surface area contributed by atoms with Gasteiger partial charge in [0.2, 0.25) is 0 Å². The van der Waals surface area contributed by atoms with Crippen molar-refractivity contribution in [2.75, 3.05) is 18.5 Å². The van der Waals surface area contributed by atoms with Crippen LogP contribution >= 0.6 is 7.14 Å². The average Bonchev–Trinajstić information content (AvgIpc) is 3.15. The van der Waals surface area contributed by atoms with E-state index in [9.17, 15) is 4.57 Å². The lowest BCUT2D eigenvalue weighted by Gasteiger charge is -2.19. The standard InChI is InChI=1S/C46H53N3OP.3ClH/c1-38-21-24-44(35-47(38)32-41-14-7-4-8-15-41)20-13-29-51(50,30-27-45-25-22-39(2)48(36-45)33-42-16-9-5-10-17-42)31-28-46-26-23-40(3)49(37-46)34-43-18-11-6-12-19-43;;;/h4-12,14-19,21-26,35-37H,13,20,27-34H2,1-3H3;3*1H/q+3;;;/p-3. The van der Waals surface area contributed by atoms with Crippen molar-refractivity contribution < 1.29 is 55.5 Å². The van der Waals surface area contributed by atoms with Crippen LogP contribution in [0.1, 0.15) is 56.9 Å². The summed E-state index contributed by atoms with van der Waals surface area (Å²) in [5.41, 5.74) is 11.4. The molecule has 4 nitrogen and oxygen atoms in total. The molecular weight excluding hydrogens is 748 g/mol. The van der Waals surface area contributed by atoms with Crippen LogP contribution in [0, 0.1) is 20.8 Å². The van der Waals surface area contributed by atoms with Crippen LogP contribution in [-0.4, -0.2) is 18.5 Å². The van der Waals surface area contributed by atoms with Crippen LogP contribution in [0.25, 0.3) is 0 Å². The number of nitrogens with zero attached hydrogens (tertiary/aromatic N) is 3. The van der Waals surface area contributed by atoms with Crippen LogP contribution in [0.2, 0.25) is 0 Å². The molecule has 54 heavy (non-hydrogen) atoms. The highest BCUT2D eigenvalue weighted by Gasteiger charge is 2.24. The molecule has 0 aliphatic rings. The van der Waals surface area contributed by atoms with Gasteiger partial charge in [-0.3, -0.25) is 0 Å². The van der Waals surface area contributed by atoms with Crippen molar-refractivity contribution in [1.29, 1.82) is 0 Å². The van der Waals surface area contributed by atoms with Gasteiger partial charge in [-0.25, -0.2) is 0 Å². The summed E-state index contributed by atoms with van der Waals surface area (Å²) in [5, 5.41) is 0. The first-order chi connectivity index (χ1) is 24.8. The van der Waals surface area contributed by atoms with Crippen LogP contribution in [0.15, 0.2) is 146 Å². The second kappa shape index (κ2) is 21.9. The molecule has 0 atom stereocenters. The molecule has 0 amide bonds. The minimum absolute atomic E-state index is 0. The van der Waals surface area contributed by atoms with Crippen molar-refractivity contribution in [3.05, 3.63) is 196 Å². The van der Waals surface area contributed by atoms with Crippen molar-refractivity contribution in [2.45, 2.75) is 66.1 Å². The van der Waals surface area contributed by atoms with Crippen molar-refractivity contribution in [3.8, 4) is 0 Å². The number of hydrogen-bond donors (Lipinski definition) is 0. The summed E-state index contributed by atoms with van der Waals surface area (Å²) < 4.78 is 22.0. The zero-order chi connectivity index (χ0) is 35.5. The average molecular weight is 801 g/mol. The van der Waals surface area contributed by atoms with E-state index in [1.165, 1.54) is 50.5 Å². The van der Waals surface area contributed by atoms with E-state index < -0.39 is 7.14 Å². The highest BCUT2D eigenvalue weighted by atomic mass is 35.5. The van der Waals surface area contributed by atoms with Crippen LogP contribution in [-0.2, 0) is 43.5 Å². The molecule has 6 aromatic rings. The maximum absolute atomic E-state index is 15.0. The minimum atomic E-state index is -2.48. The number of aromatic nitrogens is 3. The first-order valence-electron chi connectivity index (χ1n) is 18.5. The molecular formula is C46H53Cl3N3OP. The molecule has 6 rings (SSSR count). The third kappa shape index (κ3) is 13.2. The fraction of sp³-hybridized carbons (Fsp3) is 0.283. The number of halogens is 3. The van der Waals surface area contributed by atoms with Crippen LogP contribution in [0.5, 0.6) is 0 Å². The topological polar surface area (TPSA) is 28.7 Å².